The van der Waals surface area contributed by atoms with Gasteiger partial charge in [-0.2, -0.15) is 0 Å². The average molecular weight is 257 g/mol. The smallest absolute Gasteiger partial charge is 0.137 e. The third-order valence-electron chi connectivity index (χ3n) is 3.01. The quantitative estimate of drug-likeness (QED) is 0.814. The van der Waals surface area contributed by atoms with Crippen molar-refractivity contribution in [2.24, 2.45) is 0 Å². The van der Waals surface area contributed by atoms with Gasteiger partial charge in [0.15, 0.2) is 0 Å². The highest BCUT2D eigenvalue weighted by atomic mass is 16.3. The first-order chi connectivity index (χ1) is 8.96. The third kappa shape index (κ3) is 3.97. The fourth-order valence-electron chi connectivity index (χ4n) is 2.04. The van der Waals surface area contributed by atoms with Gasteiger partial charge < -0.3 is 9.73 Å². The molecular formula is C17H23NO. The number of hydrogen-bond donors (Lipinski definition) is 1. The molecule has 0 saturated heterocycles. The molecule has 2 nitrogen and oxygen atoms in total. The first-order valence-corrected chi connectivity index (χ1v) is 6.86. The molecule has 2 heteroatoms. The van der Waals surface area contributed by atoms with E-state index in [0.29, 0.717) is 0 Å². The van der Waals surface area contributed by atoms with Crippen molar-refractivity contribution in [2.75, 3.05) is 6.54 Å². The topological polar surface area (TPSA) is 25.2 Å². The first-order valence-electron chi connectivity index (χ1n) is 6.86. The van der Waals surface area contributed by atoms with Gasteiger partial charge in [-0.1, -0.05) is 24.3 Å². The second-order valence-electron chi connectivity index (χ2n) is 6.01. The molecule has 19 heavy (non-hydrogen) atoms. The summed E-state index contributed by atoms with van der Waals surface area (Å²) in [6, 6.07) is 8.32. The van der Waals surface area contributed by atoms with Crippen molar-refractivity contribution in [3.8, 4) is 0 Å². The molecule has 0 aliphatic heterocycles. The molecule has 0 aliphatic rings. The van der Waals surface area contributed by atoms with Gasteiger partial charge in [0.05, 0.1) is 0 Å². The van der Waals surface area contributed by atoms with Crippen LogP contribution in [0.25, 0.3) is 17.0 Å². The molecule has 1 N–H and O–H groups in total. The fraction of sp³-hybridized carbons (Fsp3) is 0.412. The van der Waals surface area contributed by atoms with Crippen molar-refractivity contribution in [3.63, 3.8) is 0 Å². The monoisotopic (exact) mass is 257 g/mol. The van der Waals surface area contributed by atoms with Gasteiger partial charge in [-0.3, -0.25) is 0 Å². The van der Waals surface area contributed by atoms with E-state index < -0.39 is 0 Å². The van der Waals surface area contributed by atoms with E-state index in [0.717, 1.165) is 24.3 Å². The van der Waals surface area contributed by atoms with Crippen LogP contribution < -0.4 is 5.32 Å². The lowest BCUT2D eigenvalue weighted by molar-refractivity contribution is 0.431. The molecule has 0 bridgehead atoms. The number of hydrogen-bond acceptors (Lipinski definition) is 2. The molecule has 0 fully saturated rings. The van der Waals surface area contributed by atoms with E-state index in [4.69, 9.17) is 4.42 Å². The number of benzene rings is 1. The summed E-state index contributed by atoms with van der Waals surface area (Å²) in [5, 5.41) is 4.64. The molecule has 1 aromatic heterocycles. The van der Waals surface area contributed by atoms with Crippen molar-refractivity contribution in [3.05, 3.63) is 41.7 Å². The predicted molar refractivity (Wildman–Crippen MR) is 82.4 cm³/mol. The van der Waals surface area contributed by atoms with Crippen LogP contribution in [-0.4, -0.2) is 12.1 Å². The largest absolute Gasteiger partial charge is 0.456 e. The maximum absolute atomic E-state index is 5.84. The Labute approximate surface area is 115 Å². The van der Waals surface area contributed by atoms with E-state index in [1.807, 2.05) is 0 Å². The van der Waals surface area contributed by atoms with E-state index >= 15 is 0 Å². The van der Waals surface area contributed by atoms with E-state index in [9.17, 15) is 0 Å². The van der Waals surface area contributed by atoms with Gasteiger partial charge in [0.1, 0.15) is 11.3 Å². The molecule has 2 aromatic rings. The summed E-state index contributed by atoms with van der Waals surface area (Å²) in [6.45, 7) is 9.60. The molecule has 0 saturated carbocycles. The number of furan rings is 1. The van der Waals surface area contributed by atoms with Crippen molar-refractivity contribution < 1.29 is 4.42 Å². The van der Waals surface area contributed by atoms with Crippen LogP contribution in [-0.2, 0) is 0 Å². The Balaban J connectivity index is 1.96. The summed E-state index contributed by atoms with van der Waals surface area (Å²) < 4.78 is 5.84. The molecule has 0 aliphatic carbocycles. The van der Waals surface area contributed by atoms with Crippen molar-refractivity contribution >= 4 is 17.0 Å². The number of aryl methyl sites for hydroxylation is 1. The zero-order chi connectivity index (χ0) is 13.9. The van der Waals surface area contributed by atoms with Gasteiger partial charge in [0.25, 0.3) is 0 Å². The molecule has 0 radical (unpaired) electrons. The molecule has 0 unspecified atom stereocenters. The van der Waals surface area contributed by atoms with Gasteiger partial charge in [-0.05, 0) is 58.4 Å². The Bertz CT molecular complexity index is 572. The highest BCUT2D eigenvalue weighted by Gasteiger charge is 2.06. The predicted octanol–water partition coefficient (Wildman–Crippen LogP) is 4.53. The molecule has 2 rings (SSSR count). The molecule has 0 spiro atoms. The van der Waals surface area contributed by atoms with Crippen LogP contribution >= 0.6 is 0 Å². The molecular weight excluding hydrogens is 234 g/mol. The van der Waals surface area contributed by atoms with Gasteiger partial charge in [0.2, 0.25) is 0 Å². The Morgan fingerprint density at radius 2 is 2.05 bits per heavy atom. The van der Waals surface area contributed by atoms with E-state index in [1.165, 1.54) is 10.9 Å². The van der Waals surface area contributed by atoms with Gasteiger partial charge in [-0.15, -0.1) is 0 Å². The van der Waals surface area contributed by atoms with Crippen molar-refractivity contribution in [1.29, 1.82) is 0 Å². The summed E-state index contributed by atoms with van der Waals surface area (Å²) in [5.41, 5.74) is 2.37. The Morgan fingerprint density at radius 3 is 2.74 bits per heavy atom. The molecule has 1 aromatic carbocycles. The Kier molecular flexibility index (Phi) is 4.11. The van der Waals surface area contributed by atoms with Gasteiger partial charge in [0, 0.05) is 10.9 Å². The van der Waals surface area contributed by atoms with Gasteiger partial charge >= 0.3 is 0 Å². The second kappa shape index (κ2) is 5.62. The summed E-state index contributed by atoms with van der Waals surface area (Å²) in [7, 11) is 0. The van der Waals surface area contributed by atoms with Crippen LogP contribution in [0.1, 0.15) is 38.5 Å². The van der Waals surface area contributed by atoms with Crippen LogP contribution in [0.5, 0.6) is 0 Å². The SMILES string of the molecule is Cc1cccc2cc(/C=C/CCNC(C)(C)C)oc12. The van der Waals surface area contributed by atoms with Crippen LogP contribution in [0.2, 0.25) is 0 Å². The lowest BCUT2D eigenvalue weighted by atomic mass is 10.1. The number of fused-ring (bicyclic) bond motifs is 1. The maximum atomic E-state index is 5.84. The Morgan fingerprint density at radius 1 is 1.26 bits per heavy atom. The van der Waals surface area contributed by atoms with Crippen LogP contribution in [0.3, 0.4) is 0 Å². The molecule has 102 valence electrons. The normalized spacial score (nSPS) is 12.6. The minimum absolute atomic E-state index is 0.185. The van der Waals surface area contributed by atoms with Crippen molar-refractivity contribution in [1.82, 2.24) is 5.32 Å². The average Bonchev–Trinajstić information content (AvgIpc) is 2.71. The maximum Gasteiger partial charge on any atom is 0.137 e. The lowest BCUT2D eigenvalue weighted by Gasteiger charge is -2.19. The molecule has 1 heterocycles. The standard InChI is InChI=1S/C17H23NO/c1-13-8-7-9-14-12-15(19-16(13)14)10-5-6-11-18-17(2,3)4/h5,7-10,12,18H,6,11H2,1-4H3/b10-5+. The van der Waals surface area contributed by atoms with E-state index in [2.05, 4.69) is 69.4 Å². The van der Waals surface area contributed by atoms with Crippen LogP contribution in [0, 0.1) is 6.92 Å². The highest BCUT2D eigenvalue weighted by Crippen LogP contribution is 2.23. The fourth-order valence-corrected chi connectivity index (χ4v) is 2.04. The molecule has 0 atom stereocenters. The summed E-state index contributed by atoms with van der Waals surface area (Å²) in [5.74, 6) is 0.931. The number of nitrogens with one attached hydrogen (secondary N) is 1. The van der Waals surface area contributed by atoms with Crippen LogP contribution in [0.4, 0.5) is 0 Å². The van der Waals surface area contributed by atoms with Gasteiger partial charge in [-0.25, -0.2) is 0 Å². The number of para-hydroxylation sites is 1. The highest BCUT2D eigenvalue weighted by molar-refractivity contribution is 5.82. The summed E-state index contributed by atoms with van der Waals surface area (Å²) >= 11 is 0. The van der Waals surface area contributed by atoms with Crippen LogP contribution in [0.15, 0.2) is 34.8 Å². The van der Waals surface area contributed by atoms with Crippen molar-refractivity contribution in [2.45, 2.75) is 39.7 Å². The minimum Gasteiger partial charge on any atom is -0.456 e. The third-order valence-corrected chi connectivity index (χ3v) is 3.01. The van der Waals surface area contributed by atoms with E-state index in [-0.39, 0.29) is 5.54 Å². The summed E-state index contributed by atoms with van der Waals surface area (Å²) in [6.07, 6.45) is 5.23. The van der Waals surface area contributed by atoms with E-state index in [1.54, 1.807) is 0 Å². The zero-order valence-electron chi connectivity index (χ0n) is 12.3. The molecule has 0 amide bonds. The summed E-state index contributed by atoms with van der Waals surface area (Å²) in [4.78, 5) is 0. The minimum atomic E-state index is 0.185. The lowest BCUT2D eigenvalue weighted by Crippen LogP contribution is -2.36. The first kappa shape index (κ1) is 13.9. The Hall–Kier alpha value is -1.54. The number of rotatable bonds is 4. The zero-order valence-corrected chi connectivity index (χ0v) is 12.3. The second-order valence-corrected chi connectivity index (χ2v) is 6.01.